The number of anilines is 1. The second-order valence-electron chi connectivity index (χ2n) is 8.67. The summed E-state index contributed by atoms with van der Waals surface area (Å²) in [7, 11) is 0. The van der Waals surface area contributed by atoms with E-state index in [2.05, 4.69) is 10.3 Å². The molecule has 1 aliphatic carbocycles. The fourth-order valence-corrected chi connectivity index (χ4v) is 6.20. The van der Waals surface area contributed by atoms with E-state index in [1.807, 2.05) is 41.5 Å². The molecule has 3 aliphatic rings. The van der Waals surface area contributed by atoms with Gasteiger partial charge >= 0.3 is 0 Å². The lowest BCUT2D eigenvalue weighted by molar-refractivity contribution is -0.121. The molecule has 1 saturated heterocycles. The summed E-state index contributed by atoms with van der Waals surface area (Å²) in [6.07, 6.45) is 5.79. The predicted octanol–water partition coefficient (Wildman–Crippen LogP) is 4.12. The zero-order chi connectivity index (χ0) is 20.7. The van der Waals surface area contributed by atoms with Crippen LogP contribution in [0.3, 0.4) is 0 Å². The maximum Gasteiger partial charge on any atom is 0.254 e. The van der Waals surface area contributed by atoms with Crippen LogP contribution in [0, 0.1) is 6.92 Å². The topological polar surface area (TPSA) is 71.5 Å². The fourth-order valence-electron chi connectivity index (χ4n) is 5.51. The molecule has 3 heterocycles. The van der Waals surface area contributed by atoms with Crippen molar-refractivity contribution >= 4 is 28.3 Å². The van der Waals surface area contributed by atoms with Crippen LogP contribution in [0.2, 0.25) is 0 Å². The van der Waals surface area contributed by atoms with Gasteiger partial charge < -0.3 is 15.0 Å². The average molecular weight is 426 g/mol. The first-order valence-corrected chi connectivity index (χ1v) is 11.7. The summed E-state index contributed by atoms with van der Waals surface area (Å²) in [4.78, 5) is 33.7. The third-order valence-electron chi connectivity index (χ3n) is 6.81. The van der Waals surface area contributed by atoms with Crippen molar-refractivity contribution in [2.75, 3.05) is 18.5 Å². The molecule has 158 valence electrons. The van der Waals surface area contributed by atoms with Crippen molar-refractivity contribution in [1.82, 2.24) is 9.88 Å². The van der Waals surface area contributed by atoms with Gasteiger partial charge in [-0.25, -0.2) is 4.98 Å². The first-order valence-electron chi connectivity index (χ1n) is 10.8. The van der Waals surface area contributed by atoms with Crippen LogP contribution in [0.5, 0.6) is 0 Å². The van der Waals surface area contributed by atoms with Crippen LogP contribution in [0.25, 0.3) is 0 Å². The van der Waals surface area contributed by atoms with E-state index in [0.29, 0.717) is 17.2 Å². The van der Waals surface area contributed by atoms with Crippen molar-refractivity contribution in [1.29, 1.82) is 0 Å². The predicted molar refractivity (Wildman–Crippen MR) is 116 cm³/mol. The highest BCUT2D eigenvalue weighted by molar-refractivity contribution is 7.13. The monoisotopic (exact) mass is 425 g/mol. The maximum atomic E-state index is 13.7. The molecule has 1 N–H and O–H groups in total. The highest BCUT2D eigenvalue weighted by atomic mass is 32.1. The Hall–Kier alpha value is -2.25. The third kappa shape index (κ3) is 3.24. The number of nitrogens with zero attached hydrogens (tertiary/aromatic N) is 2. The molecule has 0 unspecified atom stereocenters. The van der Waals surface area contributed by atoms with Gasteiger partial charge in [0, 0.05) is 24.1 Å². The number of aromatic nitrogens is 1. The zero-order valence-electron chi connectivity index (χ0n) is 17.2. The number of hydrogen-bond donors (Lipinski definition) is 1. The number of fused-ring (bicyclic) bond motifs is 1. The van der Waals surface area contributed by atoms with Gasteiger partial charge in [0.25, 0.3) is 5.91 Å². The fraction of sp³-hybridized carbons (Fsp3) is 0.522. The van der Waals surface area contributed by atoms with E-state index in [4.69, 9.17) is 4.74 Å². The van der Waals surface area contributed by atoms with E-state index in [1.54, 1.807) is 0 Å². The quantitative estimate of drug-likeness (QED) is 0.800. The van der Waals surface area contributed by atoms with E-state index < -0.39 is 11.5 Å². The van der Waals surface area contributed by atoms with E-state index in [0.717, 1.165) is 56.4 Å². The van der Waals surface area contributed by atoms with Gasteiger partial charge in [-0.3, -0.25) is 9.59 Å². The second kappa shape index (κ2) is 7.78. The summed E-state index contributed by atoms with van der Waals surface area (Å²) in [5.74, 6) is -0.430. The molecule has 5 rings (SSSR count). The number of benzene rings is 1. The second-order valence-corrected chi connectivity index (χ2v) is 9.52. The lowest BCUT2D eigenvalue weighted by atomic mass is 9.71. The molecule has 1 spiro atoms. The van der Waals surface area contributed by atoms with E-state index in [-0.39, 0.29) is 17.9 Å². The van der Waals surface area contributed by atoms with Gasteiger partial charge in [-0.1, -0.05) is 31.0 Å². The molecule has 30 heavy (non-hydrogen) atoms. The minimum atomic E-state index is -0.492. The van der Waals surface area contributed by atoms with Gasteiger partial charge in [0.2, 0.25) is 5.91 Å². The number of aryl methyl sites for hydroxylation is 1. The number of rotatable bonds is 4. The molecule has 2 fully saturated rings. The molecule has 0 bridgehead atoms. The zero-order valence-corrected chi connectivity index (χ0v) is 18.0. The molecule has 2 amide bonds. The molecular weight excluding hydrogens is 398 g/mol. The SMILES string of the molecule is Cc1csc(NC(=O)[C@@H]2c3ccccc3C(=O)N(C[C@H]3CCCO3)C23CCCC3)n1. The molecule has 0 radical (unpaired) electrons. The molecule has 2 aromatic rings. The Balaban J connectivity index is 1.57. The molecule has 6 nitrogen and oxygen atoms in total. The van der Waals surface area contributed by atoms with Crippen molar-refractivity contribution in [3.63, 3.8) is 0 Å². The summed E-state index contributed by atoms with van der Waals surface area (Å²) < 4.78 is 5.89. The van der Waals surface area contributed by atoms with Crippen molar-refractivity contribution in [2.24, 2.45) is 0 Å². The number of ether oxygens (including phenoxy) is 1. The molecule has 1 saturated carbocycles. The molecular formula is C23H27N3O3S. The molecule has 1 aromatic carbocycles. The summed E-state index contributed by atoms with van der Waals surface area (Å²) >= 11 is 1.44. The summed E-state index contributed by atoms with van der Waals surface area (Å²) in [5, 5.41) is 5.60. The standard InChI is InChI=1S/C23H27N3O3S/c1-15-14-30-22(24-15)25-20(27)19-17-8-2-3-9-18(17)21(28)26(13-16-7-6-12-29-16)23(19)10-4-5-11-23/h2-3,8-9,14,16,19H,4-7,10-13H2,1H3,(H,24,25,27)/t16-,19+/m1/s1. The van der Waals surface area contributed by atoms with Crippen molar-refractivity contribution in [3.8, 4) is 0 Å². The Morgan fingerprint density at radius 2 is 2.10 bits per heavy atom. The molecule has 2 aliphatic heterocycles. The number of carbonyl (C=O) groups excluding carboxylic acids is 2. The largest absolute Gasteiger partial charge is 0.376 e. The minimum Gasteiger partial charge on any atom is -0.376 e. The van der Waals surface area contributed by atoms with Crippen LogP contribution in [-0.4, -0.2) is 46.5 Å². The smallest absolute Gasteiger partial charge is 0.254 e. The van der Waals surface area contributed by atoms with Gasteiger partial charge in [0.1, 0.15) is 0 Å². The van der Waals surface area contributed by atoms with Crippen molar-refractivity contribution in [2.45, 2.75) is 63.0 Å². The Morgan fingerprint density at radius 3 is 2.80 bits per heavy atom. The summed E-state index contributed by atoms with van der Waals surface area (Å²) in [5.41, 5.74) is 1.89. The Bertz CT molecular complexity index is 960. The van der Waals surface area contributed by atoms with Crippen molar-refractivity contribution < 1.29 is 14.3 Å². The first-order chi connectivity index (χ1) is 14.6. The summed E-state index contributed by atoms with van der Waals surface area (Å²) in [6.45, 7) is 3.24. The van der Waals surface area contributed by atoms with E-state index >= 15 is 0 Å². The normalized spacial score (nSPS) is 25.0. The van der Waals surface area contributed by atoms with Gasteiger partial charge in [-0.15, -0.1) is 11.3 Å². The van der Waals surface area contributed by atoms with E-state index in [1.165, 1.54) is 11.3 Å². The Morgan fingerprint density at radius 1 is 1.30 bits per heavy atom. The lowest BCUT2D eigenvalue weighted by Crippen LogP contribution is -2.61. The average Bonchev–Trinajstić information content (AvgIpc) is 3.49. The van der Waals surface area contributed by atoms with Gasteiger partial charge in [-0.05, 0) is 44.2 Å². The number of carbonyl (C=O) groups is 2. The highest BCUT2D eigenvalue weighted by Gasteiger charge is 2.56. The van der Waals surface area contributed by atoms with Crippen LogP contribution in [0.15, 0.2) is 29.6 Å². The minimum absolute atomic E-state index is 0.0390. The van der Waals surface area contributed by atoms with Gasteiger partial charge in [-0.2, -0.15) is 0 Å². The molecule has 7 heteroatoms. The lowest BCUT2D eigenvalue weighted by Gasteiger charge is -2.50. The number of amides is 2. The number of hydrogen-bond acceptors (Lipinski definition) is 5. The van der Waals surface area contributed by atoms with Crippen LogP contribution >= 0.6 is 11.3 Å². The van der Waals surface area contributed by atoms with Crippen LogP contribution < -0.4 is 5.32 Å². The number of thiazole rings is 1. The van der Waals surface area contributed by atoms with Crippen LogP contribution in [-0.2, 0) is 9.53 Å². The highest BCUT2D eigenvalue weighted by Crippen LogP contribution is 2.51. The van der Waals surface area contributed by atoms with E-state index in [9.17, 15) is 9.59 Å². The number of nitrogens with one attached hydrogen (secondary N) is 1. The summed E-state index contributed by atoms with van der Waals surface area (Å²) in [6, 6.07) is 7.62. The Kier molecular flexibility index (Phi) is 5.11. The third-order valence-corrected chi connectivity index (χ3v) is 7.69. The first kappa shape index (κ1) is 19.7. The van der Waals surface area contributed by atoms with Crippen LogP contribution in [0.4, 0.5) is 5.13 Å². The maximum absolute atomic E-state index is 13.7. The van der Waals surface area contributed by atoms with Crippen LogP contribution in [0.1, 0.15) is 66.1 Å². The van der Waals surface area contributed by atoms with Crippen molar-refractivity contribution in [3.05, 3.63) is 46.5 Å². The Labute approximate surface area is 180 Å². The molecule has 2 atom stereocenters. The van der Waals surface area contributed by atoms with Gasteiger partial charge in [0.15, 0.2) is 5.13 Å². The molecule has 1 aromatic heterocycles. The van der Waals surface area contributed by atoms with Gasteiger partial charge in [0.05, 0.1) is 23.3 Å².